The first-order chi connectivity index (χ1) is 12.1. The van der Waals surface area contributed by atoms with E-state index in [1.54, 1.807) is 15.2 Å². The molecule has 0 unspecified atom stereocenters. The minimum absolute atomic E-state index is 0.173. The Hall–Kier alpha value is -2.85. The summed E-state index contributed by atoms with van der Waals surface area (Å²) in [5, 5.41) is 0.633. The van der Waals surface area contributed by atoms with Crippen molar-refractivity contribution in [3.8, 4) is 16.9 Å². The molecule has 0 aliphatic rings. The molecule has 0 aliphatic carbocycles. The summed E-state index contributed by atoms with van der Waals surface area (Å²) in [4.78, 5) is 17.5. The van der Waals surface area contributed by atoms with Gasteiger partial charge in [-0.3, -0.25) is 9.36 Å². The number of imidazole rings is 1. The molecule has 0 radical (unpaired) electrons. The van der Waals surface area contributed by atoms with Gasteiger partial charge in [-0.15, -0.1) is 0 Å². The van der Waals surface area contributed by atoms with Crippen LogP contribution in [0.15, 0.2) is 65.8 Å². The van der Waals surface area contributed by atoms with Crippen LogP contribution < -0.4 is 5.56 Å². The second-order valence-corrected chi connectivity index (χ2v) is 6.44. The Morgan fingerprint density at radius 1 is 1.00 bits per heavy atom. The largest absolute Gasteiger partial charge is 0.300 e. The molecule has 25 heavy (non-hydrogen) atoms. The third-order valence-electron chi connectivity index (χ3n) is 4.44. The molecular weight excluding hydrogens is 334 g/mol. The van der Waals surface area contributed by atoms with E-state index in [1.807, 2.05) is 68.7 Å². The maximum atomic E-state index is 13.0. The van der Waals surface area contributed by atoms with Crippen molar-refractivity contribution in [1.82, 2.24) is 14.0 Å². The molecule has 2 aromatic heterocycles. The van der Waals surface area contributed by atoms with Crippen LogP contribution in [0.4, 0.5) is 0 Å². The summed E-state index contributed by atoms with van der Waals surface area (Å²) in [5.41, 5.74) is 4.78. The van der Waals surface area contributed by atoms with Crippen molar-refractivity contribution in [3.05, 3.63) is 87.6 Å². The average molecular weight is 350 g/mol. The van der Waals surface area contributed by atoms with E-state index in [2.05, 4.69) is 4.98 Å². The van der Waals surface area contributed by atoms with Gasteiger partial charge < -0.3 is 4.40 Å². The Kier molecular flexibility index (Phi) is 3.70. The van der Waals surface area contributed by atoms with Crippen molar-refractivity contribution in [1.29, 1.82) is 0 Å². The molecule has 0 spiro atoms. The summed E-state index contributed by atoms with van der Waals surface area (Å²) in [7, 11) is 0. The Bertz CT molecular complexity index is 1160. The van der Waals surface area contributed by atoms with Gasteiger partial charge in [-0.1, -0.05) is 41.9 Å². The van der Waals surface area contributed by atoms with Gasteiger partial charge >= 0.3 is 0 Å². The van der Waals surface area contributed by atoms with E-state index < -0.39 is 0 Å². The fraction of sp³-hybridized carbons (Fsp3) is 0.100. The number of hydrogen-bond acceptors (Lipinski definition) is 2. The quantitative estimate of drug-likeness (QED) is 0.537. The lowest BCUT2D eigenvalue weighted by Gasteiger charge is -2.10. The molecule has 0 saturated heterocycles. The van der Waals surface area contributed by atoms with E-state index >= 15 is 0 Å². The van der Waals surface area contributed by atoms with Gasteiger partial charge in [-0.05, 0) is 37.1 Å². The molecule has 0 amide bonds. The van der Waals surface area contributed by atoms with E-state index in [0.29, 0.717) is 10.7 Å². The number of halogens is 1. The molecule has 0 bridgehead atoms. The van der Waals surface area contributed by atoms with Crippen molar-refractivity contribution < 1.29 is 0 Å². The molecule has 4 nitrogen and oxygen atoms in total. The van der Waals surface area contributed by atoms with Gasteiger partial charge in [0.05, 0.1) is 11.4 Å². The second kappa shape index (κ2) is 5.90. The molecule has 0 N–H and O–H groups in total. The Balaban J connectivity index is 1.94. The van der Waals surface area contributed by atoms with Gasteiger partial charge in [0.1, 0.15) is 0 Å². The lowest BCUT2D eigenvalue weighted by molar-refractivity contribution is 0.941. The molecule has 2 aromatic carbocycles. The summed E-state index contributed by atoms with van der Waals surface area (Å²) >= 11 is 6.20. The van der Waals surface area contributed by atoms with Crippen molar-refractivity contribution in [2.24, 2.45) is 0 Å². The van der Waals surface area contributed by atoms with Crippen LogP contribution in [0.1, 0.15) is 11.1 Å². The van der Waals surface area contributed by atoms with E-state index in [0.717, 1.165) is 28.1 Å². The van der Waals surface area contributed by atoms with Crippen LogP contribution in [0, 0.1) is 13.8 Å². The van der Waals surface area contributed by atoms with Crippen LogP contribution in [0.3, 0.4) is 0 Å². The standard InChI is InChI=1S/C20H16ClN3O/c1-13-6-3-4-7-15(13)17-12-23-10-11-24(20(25)19(23)22-17)18-9-5-8-16(21)14(18)2/h3-12H,1-2H3. The van der Waals surface area contributed by atoms with Crippen LogP contribution >= 0.6 is 11.6 Å². The smallest absolute Gasteiger partial charge is 0.298 e. The van der Waals surface area contributed by atoms with E-state index in [-0.39, 0.29) is 5.56 Å². The minimum atomic E-state index is -0.173. The zero-order valence-electron chi connectivity index (χ0n) is 13.9. The fourth-order valence-corrected chi connectivity index (χ4v) is 3.19. The third-order valence-corrected chi connectivity index (χ3v) is 4.85. The highest BCUT2D eigenvalue weighted by Crippen LogP contribution is 2.23. The first-order valence-electron chi connectivity index (χ1n) is 7.98. The lowest BCUT2D eigenvalue weighted by atomic mass is 10.1. The van der Waals surface area contributed by atoms with Crippen molar-refractivity contribution in [2.75, 3.05) is 0 Å². The zero-order chi connectivity index (χ0) is 17.6. The van der Waals surface area contributed by atoms with Crippen molar-refractivity contribution in [2.45, 2.75) is 13.8 Å². The molecule has 124 valence electrons. The molecule has 4 aromatic rings. The van der Waals surface area contributed by atoms with E-state index in [1.165, 1.54) is 0 Å². The van der Waals surface area contributed by atoms with Crippen molar-refractivity contribution >= 4 is 17.2 Å². The molecule has 0 atom stereocenters. The highest BCUT2D eigenvalue weighted by molar-refractivity contribution is 6.31. The second-order valence-electron chi connectivity index (χ2n) is 6.03. The monoisotopic (exact) mass is 349 g/mol. The number of nitrogens with zero attached hydrogens (tertiary/aromatic N) is 3. The van der Waals surface area contributed by atoms with Crippen LogP contribution in [0.25, 0.3) is 22.6 Å². The van der Waals surface area contributed by atoms with Gasteiger partial charge in [0.15, 0.2) is 0 Å². The SMILES string of the molecule is Cc1ccccc1-c1cn2ccn(-c3cccc(Cl)c3C)c(=O)c2n1. The molecule has 2 heterocycles. The number of aromatic nitrogens is 3. The molecule has 5 heteroatoms. The van der Waals surface area contributed by atoms with E-state index in [4.69, 9.17) is 11.6 Å². The van der Waals surface area contributed by atoms with Crippen molar-refractivity contribution in [3.63, 3.8) is 0 Å². The minimum Gasteiger partial charge on any atom is -0.300 e. The predicted molar refractivity (Wildman–Crippen MR) is 101 cm³/mol. The Morgan fingerprint density at radius 2 is 1.80 bits per heavy atom. The predicted octanol–water partition coefficient (Wildman–Crippen LogP) is 4.42. The topological polar surface area (TPSA) is 39.3 Å². The maximum Gasteiger partial charge on any atom is 0.298 e. The highest BCUT2D eigenvalue weighted by atomic mass is 35.5. The fourth-order valence-electron chi connectivity index (χ4n) is 3.02. The third kappa shape index (κ3) is 2.55. The summed E-state index contributed by atoms with van der Waals surface area (Å²) in [5.74, 6) is 0. The zero-order valence-corrected chi connectivity index (χ0v) is 14.7. The number of hydrogen-bond donors (Lipinski definition) is 0. The first-order valence-corrected chi connectivity index (χ1v) is 8.36. The number of benzene rings is 2. The molecule has 0 aliphatic heterocycles. The van der Waals surface area contributed by atoms with Crippen LogP contribution in [0.5, 0.6) is 0 Å². The van der Waals surface area contributed by atoms with Crippen LogP contribution in [-0.2, 0) is 0 Å². The Morgan fingerprint density at radius 3 is 2.60 bits per heavy atom. The van der Waals surface area contributed by atoms with Gasteiger partial charge in [0.2, 0.25) is 5.65 Å². The Labute approximate surface area is 150 Å². The number of rotatable bonds is 2. The molecule has 4 rings (SSSR count). The van der Waals surface area contributed by atoms with E-state index in [9.17, 15) is 4.79 Å². The first kappa shape index (κ1) is 15.7. The summed E-state index contributed by atoms with van der Waals surface area (Å²) in [6.45, 7) is 3.94. The highest BCUT2D eigenvalue weighted by Gasteiger charge is 2.13. The van der Waals surface area contributed by atoms with Gasteiger partial charge in [0.25, 0.3) is 5.56 Å². The number of aryl methyl sites for hydroxylation is 1. The molecule has 0 saturated carbocycles. The molecular formula is C20H16ClN3O. The van der Waals surface area contributed by atoms with Gasteiger partial charge in [-0.2, -0.15) is 0 Å². The number of fused-ring (bicyclic) bond motifs is 1. The van der Waals surface area contributed by atoms with Gasteiger partial charge in [0, 0.05) is 29.2 Å². The average Bonchev–Trinajstić information content (AvgIpc) is 3.03. The van der Waals surface area contributed by atoms with Crippen LogP contribution in [-0.4, -0.2) is 14.0 Å². The van der Waals surface area contributed by atoms with Gasteiger partial charge in [-0.25, -0.2) is 4.98 Å². The van der Waals surface area contributed by atoms with Crippen LogP contribution in [0.2, 0.25) is 5.02 Å². The summed E-state index contributed by atoms with van der Waals surface area (Å²) in [6.07, 6.45) is 5.47. The summed E-state index contributed by atoms with van der Waals surface area (Å²) in [6, 6.07) is 13.5. The molecule has 0 fully saturated rings. The lowest BCUT2D eigenvalue weighted by Crippen LogP contribution is -2.20. The summed E-state index contributed by atoms with van der Waals surface area (Å²) < 4.78 is 3.35. The normalized spacial score (nSPS) is 11.2. The maximum absolute atomic E-state index is 13.0.